The quantitative estimate of drug-likeness (QED) is 0.788. The zero-order valence-corrected chi connectivity index (χ0v) is 12.5. The summed E-state index contributed by atoms with van der Waals surface area (Å²) in [5.41, 5.74) is 4.61. The second kappa shape index (κ2) is 7.13. The lowest BCUT2D eigenvalue weighted by atomic mass is 9.97. The lowest BCUT2D eigenvalue weighted by molar-refractivity contribution is 0.252. The average Bonchev–Trinajstić information content (AvgIpc) is 2.44. The van der Waals surface area contributed by atoms with Crippen LogP contribution in [0, 0.1) is 13.8 Å². The molecule has 1 aliphatic rings. The van der Waals surface area contributed by atoms with Crippen LogP contribution in [-0.2, 0) is 0 Å². The summed E-state index contributed by atoms with van der Waals surface area (Å²) in [6.45, 7) is 4.74. The topological polar surface area (TPSA) is 41.1 Å². The second-order valence-corrected chi connectivity index (χ2v) is 5.56. The van der Waals surface area contributed by atoms with Gasteiger partial charge in [-0.25, -0.2) is 4.79 Å². The van der Waals surface area contributed by atoms with Crippen LogP contribution in [0.25, 0.3) is 0 Å². The van der Waals surface area contributed by atoms with Gasteiger partial charge in [0.2, 0.25) is 0 Å². The molecule has 0 spiro atoms. The zero-order valence-electron chi connectivity index (χ0n) is 12.5. The maximum atomic E-state index is 11.9. The number of rotatable bonds is 4. The van der Waals surface area contributed by atoms with Crippen molar-refractivity contribution in [1.29, 1.82) is 0 Å². The van der Waals surface area contributed by atoms with Gasteiger partial charge in [-0.05, 0) is 63.1 Å². The van der Waals surface area contributed by atoms with Crippen LogP contribution in [0.5, 0.6) is 0 Å². The predicted octanol–water partition coefficient (Wildman–Crippen LogP) is 4.32. The monoisotopic (exact) mass is 272 g/mol. The van der Waals surface area contributed by atoms with Crippen LogP contribution >= 0.6 is 0 Å². The number of anilines is 1. The summed E-state index contributed by atoms with van der Waals surface area (Å²) in [6.07, 6.45) is 8.29. The Morgan fingerprint density at radius 2 is 2.10 bits per heavy atom. The van der Waals surface area contributed by atoms with Crippen molar-refractivity contribution in [3.8, 4) is 0 Å². The van der Waals surface area contributed by atoms with Crippen LogP contribution in [0.3, 0.4) is 0 Å². The molecule has 0 aromatic heterocycles. The largest absolute Gasteiger partial charge is 0.338 e. The van der Waals surface area contributed by atoms with E-state index in [1.54, 1.807) is 0 Å². The highest BCUT2D eigenvalue weighted by Crippen LogP contribution is 2.19. The normalized spacial score (nSPS) is 14.6. The number of benzene rings is 1. The van der Waals surface area contributed by atoms with Crippen molar-refractivity contribution in [3.63, 3.8) is 0 Å². The second-order valence-electron chi connectivity index (χ2n) is 5.56. The molecule has 1 aliphatic carbocycles. The van der Waals surface area contributed by atoms with Gasteiger partial charge in [0, 0.05) is 12.2 Å². The van der Waals surface area contributed by atoms with E-state index >= 15 is 0 Å². The van der Waals surface area contributed by atoms with E-state index in [1.165, 1.54) is 31.3 Å². The molecule has 0 bridgehead atoms. The number of aryl methyl sites for hydroxylation is 2. The maximum Gasteiger partial charge on any atom is 0.319 e. The Morgan fingerprint density at radius 3 is 2.85 bits per heavy atom. The number of hydrogen-bond acceptors (Lipinski definition) is 1. The van der Waals surface area contributed by atoms with Gasteiger partial charge in [-0.2, -0.15) is 0 Å². The summed E-state index contributed by atoms with van der Waals surface area (Å²) >= 11 is 0. The molecule has 0 aliphatic heterocycles. The molecular formula is C17H24N2O. The molecule has 0 saturated carbocycles. The first-order valence-corrected chi connectivity index (χ1v) is 7.45. The predicted molar refractivity (Wildman–Crippen MR) is 84.1 cm³/mol. The van der Waals surface area contributed by atoms with Gasteiger partial charge in [0.05, 0.1) is 0 Å². The van der Waals surface area contributed by atoms with Gasteiger partial charge in [-0.15, -0.1) is 0 Å². The van der Waals surface area contributed by atoms with Crippen LogP contribution in [0.1, 0.15) is 43.2 Å². The number of urea groups is 1. The lowest BCUT2D eigenvalue weighted by Gasteiger charge is -2.14. The van der Waals surface area contributed by atoms with E-state index in [4.69, 9.17) is 0 Å². The van der Waals surface area contributed by atoms with Gasteiger partial charge in [-0.1, -0.05) is 23.8 Å². The molecule has 2 amide bonds. The van der Waals surface area contributed by atoms with E-state index in [-0.39, 0.29) is 6.03 Å². The fourth-order valence-electron chi connectivity index (χ4n) is 2.51. The molecule has 3 nitrogen and oxygen atoms in total. The van der Waals surface area contributed by atoms with Crippen molar-refractivity contribution in [2.75, 3.05) is 11.9 Å². The van der Waals surface area contributed by atoms with Crippen molar-refractivity contribution >= 4 is 11.7 Å². The van der Waals surface area contributed by atoms with E-state index in [2.05, 4.69) is 16.7 Å². The van der Waals surface area contributed by atoms with Gasteiger partial charge >= 0.3 is 6.03 Å². The van der Waals surface area contributed by atoms with Crippen LogP contribution in [-0.4, -0.2) is 12.6 Å². The first kappa shape index (κ1) is 14.6. The lowest BCUT2D eigenvalue weighted by Crippen LogP contribution is -2.30. The molecule has 2 rings (SSSR count). The van der Waals surface area contributed by atoms with Crippen LogP contribution < -0.4 is 10.6 Å². The Labute approximate surface area is 121 Å². The summed E-state index contributed by atoms with van der Waals surface area (Å²) in [6, 6.07) is 5.96. The number of amides is 2. The number of allylic oxidation sites excluding steroid dienone is 1. The standard InChI is InChI=1S/C17H24N2O/c1-13-8-9-14(2)16(12-13)19-17(20)18-11-10-15-6-4-3-5-7-15/h6,8-9,12H,3-5,7,10-11H2,1-2H3,(H2,18,19,20). The highest BCUT2D eigenvalue weighted by atomic mass is 16.2. The van der Waals surface area contributed by atoms with Crippen molar-refractivity contribution < 1.29 is 4.79 Å². The first-order chi connectivity index (χ1) is 9.65. The third-order valence-electron chi connectivity index (χ3n) is 3.76. The molecule has 1 aromatic carbocycles. The number of carbonyl (C=O) groups is 1. The van der Waals surface area contributed by atoms with Gasteiger partial charge < -0.3 is 10.6 Å². The van der Waals surface area contributed by atoms with Crippen molar-refractivity contribution in [3.05, 3.63) is 41.0 Å². The minimum atomic E-state index is -0.116. The fourth-order valence-corrected chi connectivity index (χ4v) is 2.51. The van der Waals surface area contributed by atoms with Crippen molar-refractivity contribution in [2.24, 2.45) is 0 Å². The third-order valence-corrected chi connectivity index (χ3v) is 3.76. The van der Waals surface area contributed by atoms with E-state index in [0.29, 0.717) is 6.54 Å². The van der Waals surface area contributed by atoms with Crippen LogP contribution in [0.2, 0.25) is 0 Å². The molecular weight excluding hydrogens is 248 g/mol. The Hall–Kier alpha value is -1.77. The molecule has 0 fully saturated rings. The fraction of sp³-hybridized carbons (Fsp3) is 0.471. The highest BCUT2D eigenvalue weighted by Gasteiger charge is 2.06. The molecule has 20 heavy (non-hydrogen) atoms. The van der Waals surface area contributed by atoms with Crippen LogP contribution in [0.4, 0.5) is 10.5 Å². The Morgan fingerprint density at radius 1 is 1.25 bits per heavy atom. The Kier molecular flexibility index (Phi) is 5.22. The van der Waals surface area contributed by atoms with E-state index in [0.717, 1.165) is 23.2 Å². The summed E-state index contributed by atoms with van der Waals surface area (Å²) in [7, 11) is 0. The molecule has 0 radical (unpaired) electrons. The van der Waals surface area contributed by atoms with E-state index in [1.807, 2.05) is 32.0 Å². The zero-order chi connectivity index (χ0) is 14.4. The summed E-state index contributed by atoms with van der Waals surface area (Å²) in [5.74, 6) is 0. The minimum Gasteiger partial charge on any atom is -0.338 e. The molecule has 0 atom stereocenters. The number of carbonyl (C=O) groups excluding carboxylic acids is 1. The van der Waals surface area contributed by atoms with Crippen molar-refractivity contribution in [2.45, 2.75) is 46.0 Å². The highest BCUT2D eigenvalue weighted by molar-refractivity contribution is 5.90. The SMILES string of the molecule is Cc1ccc(C)c(NC(=O)NCCC2=CCCCC2)c1. The number of nitrogens with one attached hydrogen (secondary N) is 2. The molecule has 3 heteroatoms. The van der Waals surface area contributed by atoms with Crippen LogP contribution in [0.15, 0.2) is 29.8 Å². The molecule has 0 heterocycles. The summed E-state index contributed by atoms with van der Waals surface area (Å²) in [4.78, 5) is 11.9. The van der Waals surface area contributed by atoms with E-state index in [9.17, 15) is 4.79 Å². The smallest absolute Gasteiger partial charge is 0.319 e. The molecule has 1 aromatic rings. The number of hydrogen-bond donors (Lipinski definition) is 2. The molecule has 0 saturated heterocycles. The molecule has 0 unspecified atom stereocenters. The summed E-state index contributed by atoms with van der Waals surface area (Å²) < 4.78 is 0. The molecule has 2 N–H and O–H groups in total. The Bertz CT molecular complexity index is 506. The minimum absolute atomic E-state index is 0.116. The Balaban J connectivity index is 1.77. The van der Waals surface area contributed by atoms with Gasteiger partial charge in [0.1, 0.15) is 0 Å². The van der Waals surface area contributed by atoms with Gasteiger partial charge in [-0.3, -0.25) is 0 Å². The first-order valence-electron chi connectivity index (χ1n) is 7.45. The maximum absolute atomic E-state index is 11.9. The van der Waals surface area contributed by atoms with Gasteiger partial charge in [0.25, 0.3) is 0 Å². The third kappa shape index (κ3) is 4.41. The van der Waals surface area contributed by atoms with Crippen molar-refractivity contribution in [1.82, 2.24) is 5.32 Å². The molecule has 108 valence electrons. The van der Waals surface area contributed by atoms with Gasteiger partial charge in [0.15, 0.2) is 0 Å². The average molecular weight is 272 g/mol. The summed E-state index contributed by atoms with van der Waals surface area (Å²) in [5, 5.41) is 5.85. The van der Waals surface area contributed by atoms with E-state index < -0.39 is 0 Å².